The molecule has 7 nitrogen and oxygen atoms in total. The molecule has 9 heteroatoms. The number of nitrogens with zero attached hydrogens (tertiary/aromatic N) is 3. The molecule has 0 aliphatic carbocycles. The molecule has 0 bridgehead atoms. The van der Waals surface area contributed by atoms with E-state index in [4.69, 9.17) is 16.2 Å². The summed E-state index contributed by atoms with van der Waals surface area (Å²) in [6.07, 6.45) is -0.0985. The first-order valence-electron chi connectivity index (χ1n) is 8.75. The number of nitrogens with two attached hydrogens (primary N) is 2. The zero-order chi connectivity index (χ0) is 19.3. The van der Waals surface area contributed by atoms with Crippen LogP contribution in [0.25, 0.3) is 0 Å². The number of amides is 1. The van der Waals surface area contributed by atoms with Crippen LogP contribution in [0.15, 0.2) is 18.2 Å². The van der Waals surface area contributed by atoms with Crippen LogP contribution in [0, 0.1) is 11.6 Å². The molecule has 0 spiro atoms. The van der Waals surface area contributed by atoms with Crippen molar-refractivity contribution in [3.63, 3.8) is 0 Å². The molecule has 2 aliphatic rings. The molecular weight excluding hydrogens is 356 g/mol. The van der Waals surface area contributed by atoms with Crippen LogP contribution in [-0.2, 0) is 24.9 Å². The van der Waals surface area contributed by atoms with E-state index in [0.29, 0.717) is 26.1 Å². The molecule has 27 heavy (non-hydrogen) atoms. The fourth-order valence-corrected chi connectivity index (χ4v) is 3.98. The first-order chi connectivity index (χ1) is 12.8. The van der Waals surface area contributed by atoms with Crippen molar-refractivity contribution in [1.82, 2.24) is 14.5 Å². The van der Waals surface area contributed by atoms with Gasteiger partial charge in [0.25, 0.3) is 5.91 Å². The number of ether oxygens (including phenoxy) is 1. The number of primary amides is 1. The Hall–Kier alpha value is -2.36. The molecule has 0 radical (unpaired) electrons. The highest BCUT2D eigenvalue weighted by Crippen LogP contribution is 2.34. The number of carbonyl (C=O) groups excluding carboxylic acids is 1. The third-order valence-electron chi connectivity index (χ3n) is 5.40. The smallest absolute Gasteiger partial charge is 0.284 e. The van der Waals surface area contributed by atoms with Crippen molar-refractivity contribution in [2.45, 2.75) is 37.7 Å². The lowest BCUT2D eigenvalue weighted by atomic mass is 9.93. The van der Waals surface area contributed by atoms with Crippen molar-refractivity contribution < 1.29 is 18.3 Å². The van der Waals surface area contributed by atoms with E-state index in [1.165, 1.54) is 0 Å². The average molecular weight is 377 g/mol. The van der Waals surface area contributed by atoms with Crippen molar-refractivity contribution in [2.75, 3.05) is 6.61 Å². The minimum atomic E-state index is -0.679. The number of hydrogen-bond acceptors (Lipinski definition) is 5. The maximum atomic E-state index is 14.0. The van der Waals surface area contributed by atoms with Crippen LogP contribution < -0.4 is 11.5 Å². The van der Waals surface area contributed by atoms with E-state index in [2.05, 4.69) is 9.88 Å². The predicted octanol–water partition coefficient (Wildman–Crippen LogP) is 0.970. The second-order valence-corrected chi connectivity index (χ2v) is 7.13. The molecule has 1 saturated heterocycles. The highest BCUT2D eigenvalue weighted by molar-refractivity contribution is 5.89. The highest BCUT2D eigenvalue weighted by atomic mass is 19.1. The van der Waals surface area contributed by atoms with E-state index in [0.717, 1.165) is 29.6 Å². The Morgan fingerprint density at radius 2 is 2.11 bits per heavy atom. The minimum absolute atomic E-state index is 0.0269. The normalized spacial score (nSPS) is 25.6. The summed E-state index contributed by atoms with van der Waals surface area (Å²) < 4.78 is 35.1. The van der Waals surface area contributed by atoms with Gasteiger partial charge in [-0.1, -0.05) is 0 Å². The second kappa shape index (κ2) is 6.66. The topological polar surface area (TPSA) is 99.4 Å². The van der Waals surface area contributed by atoms with Crippen molar-refractivity contribution >= 4 is 5.91 Å². The van der Waals surface area contributed by atoms with Gasteiger partial charge in [0.2, 0.25) is 0 Å². The maximum Gasteiger partial charge on any atom is 0.284 e. The second-order valence-electron chi connectivity index (χ2n) is 7.13. The molecule has 4 rings (SSSR count). The molecule has 3 heterocycles. The number of fused-ring (bicyclic) bond motifs is 1. The minimum Gasteiger partial charge on any atom is -0.370 e. The Morgan fingerprint density at radius 1 is 1.33 bits per heavy atom. The van der Waals surface area contributed by atoms with Gasteiger partial charge in [-0.15, -0.1) is 0 Å². The Bertz CT molecular complexity index is 900. The van der Waals surface area contributed by atoms with Crippen LogP contribution >= 0.6 is 0 Å². The lowest BCUT2D eigenvalue weighted by Crippen LogP contribution is -2.48. The van der Waals surface area contributed by atoms with E-state index < -0.39 is 29.7 Å². The standard InChI is InChI=1S/C18H21F2N5O2/c1-24-15-7-25(6-14(15)23-18(24)17(22)26)10-5-13(21)16(27-8-10)11-4-9(19)2-3-12(11)20/h2-4,10,13,16H,5-8,21H2,1H3,(H2,22,26)/t10-,13+,16-/m1/s1. The van der Waals surface area contributed by atoms with Gasteiger partial charge in [-0.05, 0) is 24.6 Å². The average Bonchev–Trinajstić information content (AvgIpc) is 3.17. The summed E-state index contributed by atoms with van der Waals surface area (Å²) in [6.45, 7) is 1.52. The molecule has 0 unspecified atom stereocenters. The van der Waals surface area contributed by atoms with E-state index in [-0.39, 0.29) is 17.4 Å². The predicted molar refractivity (Wildman–Crippen MR) is 92.4 cm³/mol. The van der Waals surface area contributed by atoms with Crippen LogP contribution in [0.2, 0.25) is 0 Å². The van der Waals surface area contributed by atoms with Gasteiger partial charge in [-0.3, -0.25) is 9.69 Å². The molecule has 1 amide bonds. The largest absolute Gasteiger partial charge is 0.370 e. The Balaban J connectivity index is 1.46. The number of aromatic nitrogens is 2. The molecular formula is C18H21F2N5O2. The van der Waals surface area contributed by atoms with E-state index in [1.54, 1.807) is 11.6 Å². The number of halogens is 2. The fraction of sp³-hybridized carbons (Fsp3) is 0.444. The summed E-state index contributed by atoms with van der Waals surface area (Å²) in [5.41, 5.74) is 13.5. The molecule has 2 aromatic rings. The fourth-order valence-electron chi connectivity index (χ4n) is 3.98. The van der Waals surface area contributed by atoms with Gasteiger partial charge in [0.1, 0.15) is 17.7 Å². The quantitative estimate of drug-likeness (QED) is 0.830. The molecule has 4 N–H and O–H groups in total. The maximum absolute atomic E-state index is 14.0. The summed E-state index contributed by atoms with van der Waals surface area (Å²) >= 11 is 0. The Morgan fingerprint density at radius 3 is 2.78 bits per heavy atom. The molecule has 2 aliphatic heterocycles. The first-order valence-corrected chi connectivity index (χ1v) is 8.75. The number of imidazole rings is 1. The van der Waals surface area contributed by atoms with Crippen molar-refractivity contribution in [1.29, 1.82) is 0 Å². The molecule has 3 atom stereocenters. The molecule has 144 valence electrons. The number of benzene rings is 1. The highest BCUT2D eigenvalue weighted by Gasteiger charge is 2.38. The number of hydrogen-bond donors (Lipinski definition) is 2. The van der Waals surface area contributed by atoms with Gasteiger partial charge in [0, 0.05) is 37.8 Å². The van der Waals surface area contributed by atoms with Gasteiger partial charge >= 0.3 is 0 Å². The van der Waals surface area contributed by atoms with E-state index in [1.807, 2.05) is 0 Å². The third kappa shape index (κ3) is 3.11. The van der Waals surface area contributed by atoms with Crippen LogP contribution in [-0.4, -0.2) is 39.0 Å². The summed E-state index contributed by atoms with van der Waals surface area (Å²) in [6, 6.07) is 2.87. The number of rotatable bonds is 3. The summed E-state index contributed by atoms with van der Waals surface area (Å²) in [7, 11) is 1.77. The van der Waals surface area contributed by atoms with Gasteiger partial charge in [0.05, 0.1) is 18.0 Å². The molecule has 1 aromatic carbocycles. The molecule has 0 saturated carbocycles. The van der Waals surface area contributed by atoms with Crippen molar-refractivity contribution in [3.05, 3.63) is 52.6 Å². The zero-order valence-electron chi connectivity index (χ0n) is 14.9. The van der Waals surface area contributed by atoms with Crippen LogP contribution in [0.3, 0.4) is 0 Å². The monoisotopic (exact) mass is 377 g/mol. The van der Waals surface area contributed by atoms with Gasteiger partial charge in [-0.25, -0.2) is 13.8 Å². The van der Waals surface area contributed by atoms with Crippen LogP contribution in [0.4, 0.5) is 8.78 Å². The first kappa shape index (κ1) is 18.0. The summed E-state index contributed by atoms with van der Waals surface area (Å²) in [5, 5.41) is 0. The molecule has 1 aromatic heterocycles. The Labute approximate surface area is 154 Å². The lowest BCUT2D eigenvalue weighted by molar-refractivity contribution is -0.0535. The van der Waals surface area contributed by atoms with Crippen LogP contribution in [0.1, 0.15) is 40.1 Å². The van der Waals surface area contributed by atoms with E-state index >= 15 is 0 Å². The number of carbonyl (C=O) groups is 1. The molecule has 1 fully saturated rings. The summed E-state index contributed by atoms with van der Waals surface area (Å²) in [5.74, 6) is -1.35. The zero-order valence-corrected chi connectivity index (χ0v) is 14.9. The van der Waals surface area contributed by atoms with Crippen LogP contribution in [0.5, 0.6) is 0 Å². The Kier molecular flexibility index (Phi) is 4.45. The van der Waals surface area contributed by atoms with E-state index in [9.17, 15) is 13.6 Å². The van der Waals surface area contributed by atoms with Crippen molar-refractivity contribution in [2.24, 2.45) is 18.5 Å². The third-order valence-corrected chi connectivity index (χ3v) is 5.40. The van der Waals surface area contributed by atoms with Gasteiger partial charge < -0.3 is 20.8 Å². The van der Waals surface area contributed by atoms with Gasteiger partial charge in [-0.2, -0.15) is 0 Å². The summed E-state index contributed by atoms with van der Waals surface area (Å²) in [4.78, 5) is 17.9. The van der Waals surface area contributed by atoms with Gasteiger partial charge in [0.15, 0.2) is 5.82 Å². The lowest BCUT2D eigenvalue weighted by Gasteiger charge is -2.38. The SMILES string of the molecule is Cn1c(C(N)=O)nc2c1CN([C@H]1CO[C@H](c3cc(F)ccc3F)[C@@H](N)C1)C2. The van der Waals surface area contributed by atoms with Crippen molar-refractivity contribution in [3.8, 4) is 0 Å².